The molecule has 0 aliphatic rings. The Labute approximate surface area is 85.5 Å². The molecule has 0 saturated carbocycles. The van der Waals surface area contributed by atoms with Crippen LogP contribution < -0.4 is 0 Å². The van der Waals surface area contributed by atoms with Crippen molar-refractivity contribution in [1.82, 2.24) is 9.78 Å². The van der Waals surface area contributed by atoms with Gasteiger partial charge in [-0.25, -0.2) is 0 Å². The molecule has 0 saturated heterocycles. The fourth-order valence-electron chi connectivity index (χ4n) is 1.49. The van der Waals surface area contributed by atoms with Crippen LogP contribution in [0.15, 0.2) is 0 Å². The lowest BCUT2D eigenvalue weighted by Crippen LogP contribution is -2.13. The van der Waals surface area contributed by atoms with Crippen LogP contribution in [0.4, 0.5) is 5.69 Å². The molecule has 0 aliphatic carbocycles. The molecule has 0 bridgehead atoms. The predicted octanol–water partition coefficient (Wildman–Crippen LogP) is 0.825. The summed E-state index contributed by atoms with van der Waals surface area (Å²) >= 11 is 0. The second-order valence-corrected chi connectivity index (χ2v) is 3.26. The van der Waals surface area contributed by atoms with Crippen molar-refractivity contribution < 1.29 is 14.8 Å². The molecule has 7 heteroatoms. The van der Waals surface area contributed by atoms with Gasteiger partial charge >= 0.3 is 11.7 Å². The van der Waals surface area contributed by atoms with Gasteiger partial charge in [-0.15, -0.1) is 0 Å². The highest BCUT2D eigenvalue weighted by Crippen LogP contribution is 2.28. The number of hydrogen-bond acceptors (Lipinski definition) is 4. The van der Waals surface area contributed by atoms with Crippen molar-refractivity contribution in [1.29, 1.82) is 0 Å². The normalized spacial score (nSPS) is 12.5. The Bertz CT molecular complexity index is 424. The molecular weight excluding hydrogens is 202 g/mol. The second kappa shape index (κ2) is 3.68. The maximum absolute atomic E-state index is 10.8. The largest absolute Gasteiger partial charge is 0.481 e. The highest BCUT2D eigenvalue weighted by Gasteiger charge is 2.31. The fourth-order valence-corrected chi connectivity index (χ4v) is 1.49. The van der Waals surface area contributed by atoms with Gasteiger partial charge in [0.25, 0.3) is 0 Å². The SMILES string of the molecule is Cc1nn(C)c(C(C)C(=O)O)c1[N+](=O)[O-]. The van der Waals surface area contributed by atoms with Crippen molar-refractivity contribution in [3.05, 3.63) is 21.5 Å². The van der Waals surface area contributed by atoms with Gasteiger partial charge in [-0.05, 0) is 13.8 Å². The highest BCUT2D eigenvalue weighted by molar-refractivity contribution is 5.76. The van der Waals surface area contributed by atoms with E-state index in [1.54, 1.807) is 0 Å². The number of aromatic nitrogens is 2. The quantitative estimate of drug-likeness (QED) is 0.592. The van der Waals surface area contributed by atoms with Gasteiger partial charge in [0.15, 0.2) is 0 Å². The lowest BCUT2D eigenvalue weighted by Gasteiger charge is -2.05. The summed E-state index contributed by atoms with van der Waals surface area (Å²) in [7, 11) is 1.49. The monoisotopic (exact) mass is 213 g/mol. The van der Waals surface area contributed by atoms with Gasteiger partial charge in [0.2, 0.25) is 0 Å². The van der Waals surface area contributed by atoms with Gasteiger partial charge in [-0.3, -0.25) is 19.6 Å². The summed E-state index contributed by atoms with van der Waals surface area (Å²) in [4.78, 5) is 20.9. The number of aliphatic carboxylic acids is 1. The predicted molar refractivity (Wildman–Crippen MR) is 50.7 cm³/mol. The number of carbonyl (C=O) groups is 1. The summed E-state index contributed by atoms with van der Waals surface area (Å²) in [5.74, 6) is -2.06. The van der Waals surface area contributed by atoms with E-state index in [1.807, 2.05) is 0 Å². The molecule has 15 heavy (non-hydrogen) atoms. The maximum atomic E-state index is 10.8. The first-order chi connectivity index (χ1) is 6.86. The van der Waals surface area contributed by atoms with Crippen molar-refractivity contribution in [2.75, 3.05) is 0 Å². The van der Waals surface area contributed by atoms with Crippen LogP contribution in [0.1, 0.15) is 24.2 Å². The van der Waals surface area contributed by atoms with E-state index in [0.29, 0.717) is 0 Å². The highest BCUT2D eigenvalue weighted by atomic mass is 16.6. The number of nitro groups is 1. The maximum Gasteiger partial charge on any atom is 0.313 e. The first-order valence-corrected chi connectivity index (χ1v) is 4.27. The Kier molecular flexibility index (Phi) is 2.74. The molecule has 1 aromatic rings. The third kappa shape index (κ3) is 1.80. The average Bonchev–Trinajstić information content (AvgIpc) is 2.39. The molecule has 1 rings (SSSR count). The van der Waals surface area contributed by atoms with Gasteiger partial charge in [-0.2, -0.15) is 5.10 Å². The summed E-state index contributed by atoms with van der Waals surface area (Å²) in [6.45, 7) is 2.88. The summed E-state index contributed by atoms with van der Waals surface area (Å²) in [6.07, 6.45) is 0. The van der Waals surface area contributed by atoms with Gasteiger partial charge in [-0.1, -0.05) is 0 Å². The van der Waals surface area contributed by atoms with E-state index < -0.39 is 16.8 Å². The van der Waals surface area contributed by atoms with Crippen LogP contribution in [0, 0.1) is 17.0 Å². The molecule has 0 fully saturated rings. The minimum Gasteiger partial charge on any atom is -0.481 e. The first kappa shape index (κ1) is 11.2. The van der Waals surface area contributed by atoms with E-state index in [2.05, 4.69) is 5.10 Å². The number of carboxylic acids is 1. The van der Waals surface area contributed by atoms with Crippen molar-refractivity contribution >= 4 is 11.7 Å². The number of rotatable bonds is 3. The van der Waals surface area contributed by atoms with Crippen molar-refractivity contribution in [3.8, 4) is 0 Å². The zero-order valence-electron chi connectivity index (χ0n) is 8.59. The zero-order chi connectivity index (χ0) is 11.7. The summed E-state index contributed by atoms with van der Waals surface area (Å²) < 4.78 is 1.24. The molecule has 0 amide bonds. The van der Waals surface area contributed by atoms with Crippen LogP contribution in [0.2, 0.25) is 0 Å². The van der Waals surface area contributed by atoms with Gasteiger partial charge in [0, 0.05) is 7.05 Å². The Hall–Kier alpha value is -1.92. The topological polar surface area (TPSA) is 98.3 Å². The van der Waals surface area contributed by atoms with Crippen molar-refractivity contribution in [2.45, 2.75) is 19.8 Å². The van der Waals surface area contributed by atoms with E-state index in [-0.39, 0.29) is 17.1 Å². The van der Waals surface area contributed by atoms with Gasteiger partial charge in [0.05, 0.1) is 4.92 Å². The Morgan fingerprint density at radius 2 is 2.20 bits per heavy atom. The number of hydrogen-bond donors (Lipinski definition) is 1. The summed E-state index contributed by atoms with van der Waals surface area (Å²) in [5.41, 5.74) is 0.128. The van der Waals surface area contributed by atoms with E-state index in [1.165, 1.54) is 25.6 Å². The number of nitrogens with zero attached hydrogens (tertiary/aromatic N) is 3. The van der Waals surface area contributed by atoms with Crippen molar-refractivity contribution in [3.63, 3.8) is 0 Å². The number of carboxylic acid groups (broad SMARTS) is 1. The smallest absolute Gasteiger partial charge is 0.313 e. The molecule has 1 aromatic heterocycles. The lowest BCUT2D eigenvalue weighted by atomic mass is 10.1. The summed E-state index contributed by atoms with van der Waals surface area (Å²) in [5, 5.41) is 23.4. The zero-order valence-corrected chi connectivity index (χ0v) is 8.59. The molecule has 1 atom stereocenters. The standard InChI is InChI=1S/C8H11N3O4/c1-4(8(12)13)6-7(11(14)15)5(2)9-10(6)3/h4H,1-3H3,(H,12,13). The van der Waals surface area contributed by atoms with Crippen LogP contribution >= 0.6 is 0 Å². The summed E-state index contributed by atoms with van der Waals surface area (Å²) in [6, 6.07) is 0. The molecule has 1 N–H and O–H groups in total. The van der Waals surface area contributed by atoms with Gasteiger partial charge < -0.3 is 5.11 Å². The first-order valence-electron chi connectivity index (χ1n) is 4.27. The van der Waals surface area contributed by atoms with Crippen LogP contribution in [0.25, 0.3) is 0 Å². The second-order valence-electron chi connectivity index (χ2n) is 3.26. The van der Waals surface area contributed by atoms with Gasteiger partial charge in [0.1, 0.15) is 17.3 Å². The van der Waals surface area contributed by atoms with E-state index >= 15 is 0 Å². The molecule has 1 heterocycles. The molecule has 0 aliphatic heterocycles. The van der Waals surface area contributed by atoms with E-state index in [9.17, 15) is 14.9 Å². The molecule has 0 radical (unpaired) electrons. The number of aryl methyl sites for hydroxylation is 2. The Morgan fingerprint density at radius 3 is 2.60 bits per heavy atom. The Balaban J connectivity index is 3.39. The molecule has 7 nitrogen and oxygen atoms in total. The van der Waals surface area contributed by atoms with Crippen LogP contribution in [0.5, 0.6) is 0 Å². The van der Waals surface area contributed by atoms with Crippen LogP contribution in [-0.2, 0) is 11.8 Å². The minimum atomic E-state index is -1.11. The molecule has 82 valence electrons. The molecular formula is C8H11N3O4. The molecule has 0 aromatic carbocycles. The average molecular weight is 213 g/mol. The van der Waals surface area contributed by atoms with Crippen LogP contribution in [-0.4, -0.2) is 25.8 Å². The Morgan fingerprint density at radius 1 is 1.67 bits per heavy atom. The molecule has 1 unspecified atom stereocenters. The van der Waals surface area contributed by atoms with Crippen LogP contribution in [0.3, 0.4) is 0 Å². The minimum absolute atomic E-state index is 0.116. The third-order valence-electron chi connectivity index (χ3n) is 2.20. The van der Waals surface area contributed by atoms with Crippen molar-refractivity contribution in [2.24, 2.45) is 7.05 Å². The fraction of sp³-hybridized carbons (Fsp3) is 0.500. The van der Waals surface area contributed by atoms with E-state index in [4.69, 9.17) is 5.11 Å². The molecule has 0 spiro atoms. The third-order valence-corrected chi connectivity index (χ3v) is 2.20. The lowest BCUT2D eigenvalue weighted by molar-refractivity contribution is -0.386. The van der Waals surface area contributed by atoms with E-state index in [0.717, 1.165) is 0 Å².